The zero-order valence-electron chi connectivity index (χ0n) is 19.6. The van der Waals surface area contributed by atoms with Gasteiger partial charge in [-0.15, -0.1) is 11.8 Å². The minimum absolute atomic E-state index is 0.0305. The zero-order valence-corrected chi connectivity index (χ0v) is 21.2. The highest BCUT2D eigenvalue weighted by atomic mass is 35.5. The van der Waals surface area contributed by atoms with E-state index in [1.165, 1.54) is 11.8 Å². The Morgan fingerprint density at radius 3 is 2.09 bits per heavy atom. The van der Waals surface area contributed by atoms with E-state index in [-0.39, 0.29) is 23.6 Å². The average Bonchev–Trinajstić information content (AvgIpc) is 2.86. The molecular weight excluding hydrogens is 464 g/mol. The van der Waals surface area contributed by atoms with Gasteiger partial charge in [0.05, 0.1) is 5.75 Å². The Hall–Kier alpha value is -2.76. The Labute approximate surface area is 211 Å². The molecule has 0 aliphatic rings. The topological polar surface area (TPSA) is 49.4 Å². The molecule has 2 atom stereocenters. The number of nitrogens with one attached hydrogen (secondary N) is 1. The van der Waals surface area contributed by atoms with Gasteiger partial charge in [0.25, 0.3) is 0 Å². The second kappa shape index (κ2) is 13.2. The number of halogens is 1. The molecule has 34 heavy (non-hydrogen) atoms. The lowest BCUT2D eigenvalue weighted by atomic mass is 10.0. The fraction of sp³-hybridized carbons (Fsp3) is 0.286. The molecule has 4 nitrogen and oxygen atoms in total. The summed E-state index contributed by atoms with van der Waals surface area (Å²) in [6.07, 6.45) is 1.27. The summed E-state index contributed by atoms with van der Waals surface area (Å²) in [5.74, 6) is 0.0270. The molecule has 0 spiro atoms. The van der Waals surface area contributed by atoms with Gasteiger partial charge >= 0.3 is 0 Å². The molecule has 0 radical (unpaired) electrons. The summed E-state index contributed by atoms with van der Waals surface area (Å²) in [5.41, 5.74) is 2.00. The van der Waals surface area contributed by atoms with Gasteiger partial charge in [-0.2, -0.15) is 0 Å². The number of nitrogens with zero attached hydrogens (tertiary/aromatic N) is 1. The van der Waals surface area contributed by atoms with E-state index in [9.17, 15) is 9.59 Å². The minimum Gasteiger partial charge on any atom is -0.352 e. The molecule has 0 saturated heterocycles. The van der Waals surface area contributed by atoms with Crippen molar-refractivity contribution in [3.8, 4) is 0 Å². The van der Waals surface area contributed by atoms with E-state index in [4.69, 9.17) is 11.6 Å². The van der Waals surface area contributed by atoms with Crippen LogP contribution in [0, 0.1) is 0 Å². The SMILES string of the molecule is CC[C@H](C)NC(=O)[C@H](Cc1ccccc1)N(Cc1ccccc1)C(=O)CSc1ccc(Cl)cc1. The molecular formula is C28H31ClN2O2S. The van der Waals surface area contributed by atoms with Crippen LogP contribution in [0.15, 0.2) is 89.8 Å². The molecule has 0 saturated carbocycles. The van der Waals surface area contributed by atoms with Crippen molar-refractivity contribution in [3.63, 3.8) is 0 Å². The molecule has 0 fully saturated rings. The number of amides is 2. The van der Waals surface area contributed by atoms with Gasteiger partial charge in [-0.3, -0.25) is 9.59 Å². The third kappa shape index (κ3) is 7.93. The molecule has 0 heterocycles. The summed E-state index contributed by atoms with van der Waals surface area (Å²) in [4.78, 5) is 29.7. The first-order chi connectivity index (χ1) is 16.5. The number of hydrogen-bond donors (Lipinski definition) is 1. The molecule has 0 aliphatic carbocycles. The summed E-state index contributed by atoms with van der Waals surface area (Å²) >= 11 is 7.44. The summed E-state index contributed by atoms with van der Waals surface area (Å²) in [5, 5.41) is 3.76. The van der Waals surface area contributed by atoms with Gasteiger partial charge in [0.15, 0.2) is 0 Å². The van der Waals surface area contributed by atoms with Crippen LogP contribution in [-0.2, 0) is 22.6 Å². The van der Waals surface area contributed by atoms with E-state index in [1.54, 1.807) is 4.90 Å². The van der Waals surface area contributed by atoms with Gasteiger partial charge in [-0.25, -0.2) is 0 Å². The molecule has 0 aliphatic heterocycles. The minimum atomic E-state index is -0.616. The number of hydrogen-bond acceptors (Lipinski definition) is 3. The fourth-order valence-electron chi connectivity index (χ4n) is 3.53. The Kier molecular flexibility index (Phi) is 10.0. The smallest absolute Gasteiger partial charge is 0.243 e. The van der Waals surface area contributed by atoms with Crippen molar-refractivity contribution in [2.75, 3.05) is 5.75 Å². The highest BCUT2D eigenvalue weighted by Crippen LogP contribution is 2.23. The number of carbonyl (C=O) groups excluding carboxylic acids is 2. The predicted octanol–water partition coefficient (Wildman–Crippen LogP) is 5.99. The summed E-state index contributed by atoms with van der Waals surface area (Å²) in [7, 11) is 0. The van der Waals surface area contributed by atoms with Crippen molar-refractivity contribution in [1.29, 1.82) is 0 Å². The second-order valence-corrected chi connectivity index (χ2v) is 9.76. The quantitative estimate of drug-likeness (QED) is 0.333. The molecule has 0 unspecified atom stereocenters. The van der Waals surface area contributed by atoms with Crippen molar-refractivity contribution >= 4 is 35.2 Å². The van der Waals surface area contributed by atoms with E-state index < -0.39 is 6.04 Å². The maximum absolute atomic E-state index is 13.6. The first-order valence-corrected chi connectivity index (χ1v) is 12.9. The van der Waals surface area contributed by atoms with Crippen LogP contribution in [0.1, 0.15) is 31.4 Å². The van der Waals surface area contributed by atoms with Crippen LogP contribution in [0.4, 0.5) is 0 Å². The second-order valence-electron chi connectivity index (χ2n) is 8.27. The maximum atomic E-state index is 13.6. The van der Waals surface area contributed by atoms with Crippen molar-refractivity contribution in [2.45, 2.75) is 50.2 Å². The third-order valence-electron chi connectivity index (χ3n) is 5.64. The summed E-state index contributed by atoms with van der Waals surface area (Å²) < 4.78 is 0. The molecule has 178 valence electrons. The molecule has 0 bridgehead atoms. The summed E-state index contributed by atoms with van der Waals surface area (Å²) in [6, 6.07) is 26.5. The van der Waals surface area contributed by atoms with Crippen LogP contribution < -0.4 is 5.32 Å². The molecule has 3 aromatic carbocycles. The van der Waals surface area contributed by atoms with Gasteiger partial charge in [0.1, 0.15) is 6.04 Å². The first kappa shape index (κ1) is 25.9. The number of thioether (sulfide) groups is 1. The average molecular weight is 495 g/mol. The van der Waals surface area contributed by atoms with Crippen LogP contribution >= 0.6 is 23.4 Å². The Morgan fingerprint density at radius 2 is 1.50 bits per heavy atom. The molecule has 1 N–H and O–H groups in total. The largest absolute Gasteiger partial charge is 0.352 e. The zero-order chi connectivity index (χ0) is 24.3. The van der Waals surface area contributed by atoms with Crippen LogP contribution in [0.2, 0.25) is 5.02 Å². The normalized spacial score (nSPS) is 12.6. The van der Waals surface area contributed by atoms with E-state index in [0.29, 0.717) is 18.0 Å². The lowest BCUT2D eigenvalue weighted by Crippen LogP contribution is -2.52. The first-order valence-electron chi connectivity index (χ1n) is 11.5. The molecule has 2 amide bonds. The van der Waals surface area contributed by atoms with Crippen LogP contribution in [0.3, 0.4) is 0 Å². The third-order valence-corrected chi connectivity index (χ3v) is 6.89. The van der Waals surface area contributed by atoms with Crippen molar-refractivity contribution in [3.05, 3.63) is 101 Å². The van der Waals surface area contributed by atoms with Gasteiger partial charge in [-0.05, 0) is 48.7 Å². The highest BCUT2D eigenvalue weighted by molar-refractivity contribution is 8.00. The number of benzene rings is 3. The van der Waals surface area contributed by atoms with Gasteiger partial charge in [-0.1, -0.05) is 79.2 Å². The van der Waals surface area contributed by atoms with Crippen molar-refractivity contribution in [1.82, 2.24) is 10.2 Å². The van der Waals surface area contributed by atoms with Gasteiger partial charge < -0.3 is 10.2 Å². The fourth-order valence-corrected chi connectivity index (χ4v) is 4.44. The van der Waals surface area contributed by atoms with Crippen LogP contribution in [0.25, 0.3) is 0 Å². The predicted molar refractivity (Wildman–Crippen MR) is 141 cm³/mol. The van der Waals surface area contributed by atoms with Crippen molar-refractivity contribution in [2.24, 2.45) is 0 Å². The van der Waals surface area contributed by atoms with E-state index in [0.717, 1.165) is 22.4 Å². The van der Waals surface area contributed by atoms with Crippen LogP contribution in [-0.4, -0.2) is 34.6 Å². The maximum Gasteiger partial charge on any atom is 0.243 e. The lowest BCUT2D eigenvalue weighted by molar-refractivity contribution is -0.139. The highest BCUT2D eigenvalue weighted by Gasteiger charge is 2.30. The standard InChI is InChI=1S/C28H31ClN2O2S/c1-3-21(2)30-28(33)26(18-22-10-6-4-7-11-22)31(19-23-12-8-5-9-13-23)27(32)20-34-25-16-14-24(29)15-17-25/h4-17,21,26H,3,18-20H2,1-2H3,(H,30,33)/t21-,26-/m0/s1. The van der Waals surface area contributed by atoms with Gasteiger partial charge in [0, 0.05) is 28.9 Å². The van der Waals surface area contributed by atoms with E-state index in [1.807, 2.05) is 98.8 Å². The lowest BCUT2D eigenvalue weighted by Gasteiger charge is -2.32. The molecule has 3 rings (SSSR count). The number of rotatable bonds is 11. The van der Waals surface area contributed by atoms with Crippen LogP contribution in [0.5, 0.6) is 0 Å². The van der Waals surface area contributed by atoms with Gasteiger partial charge in [0.2, 0.25) is 11.8 Å². The Morgan fingerprint density at radius 1 is 0.912 bits per heavy atom. The molecule has 3 aromatic rings. The monoisotopic (exact) mass is 494 g/mol. The Balaban J connectivity index is 1.88. The van der Waals surface area contributed by atoms with E-state index >= 15 is 0 Å². The van der Waals surface area contributed by atoms with E-state index in [2.05, 4.69) is 5.32 Å². The molecule has 6 heteroatoms. The Bertz CT molecular complexity index is 1050. The summed E-state index contributed by atoms with van der Waals surface area (Å²) in [6.45, 7) is 4.39. The molecule has 0 aromatic heterocycles. The van der Waals surface area contributed by atoms with Crippen molar-refractivity contribution < 1.29 is 9.59 Å². The number of carbonyl (C=O) groups is 2.